The summed E-state index contributed by atoms with van der Waals surface area (Å²) in [5.74, 6) is 1.81. The van der Waals surface area contributed by atoms with E-state index < -0.39 is 0 Å². The van der Waals surface area contributed by atoms with Gasteiger partial charge in [0.05, 0.1) is 22.7 Å². The van der Waals surface area contributed by atoms with Crippen LogP contribution < -0.4 is 14.7 Å². The first-order valence-corrected chi connectivity index (χ1v) is 6.66. The van der Waals surface area contributed by atoms with Crippen LogP contribution in [0.2, 0.25) is 6.04 Å². The minimum Gasteiger partial charge on any atom is -0.490 e. The Balaban J connectivity index is 2.97. The molecule has 0 amide bonds. The molecule has 1 aromatic carbocycles. The molecule has 15 heavy (non-hydrogen) atoms. The SMILES string of the molecule is CCOc1cccc([Si]CC)c1OCC. The monoisotopic (exact) mass is 222 g/mol. The summed E-state index contributed by atoms with van der Waals surface area (Å²) < 4.78 is 11.2. The highest BCUT2D eigenvalue weighted by Gasteiger charge is 2.09. The van der Waals surface area contributed by atoms with Gasteiger partial charge in [-0.3, -0.25) is 0 Å². The zero-order valence-electron chi connectivity index (χ0n) is 9.67. The Morgan fingerprint density at radius 3 is 2.40 bits per heavy atom. The van der Waals surface area contributed by atoms with Crippen molar-refractivity contribution in [2.24, 2.45) is 0 Å². The van der Waals surface area contributed by atoms with E-state index in [4.69, 9.17) is 9.47 Å². The van der Waals surface area contributed by atoms with Crippen LogP contribution in [0.15, 0.2) is 18.2 Å². The molecule has 0 unspecified atom stereocenters. The van der Waals surface area contributed by atoms with Crippen LogP contribution in [0, 0.1) is 0 Å². The van der Waals surface area contributed by atoms with E-state index >= 15 is 0 Å². The molecule has 0 N–H and O–H groups in total. The van der Waals surface area contributed by atoms with E-state index in [0.717, 1.165) is 27.1 Å². The Labute approximate surface area is 94.4 Å². The molecule has 0 heterocycles. The maximum Gasteiger partial charge on any atom is 0.160 e. The number of ether oxygens (including phenoxy) is 2. The predicted octanol–water partition coefficient (Wildman–Crippen LogP) is 2.25. The third-order valence-electron chi connectivity index (χ3n) is 1.93. The smallest absolute Gasteiger partial charge is 0.160 e. The lowest BCUT2D eigenvalue weighted by Crippen LogP contribution is -2.17. The highest BCUT2D eigenvalue weighted by Crippen LogP contribution is 2.24. The Bertz CT molecular complexity index is 275. The van der Waals surface area contributed by atoms with Gasteiger partial charge in [-0.1, -0.05) is 25.1 Å². The summed E-state index contributed by atoms with van der Waals surface area (Å²) in [6.45, 7) is 7.54. The summed E-state index contributed by atoms with van der Waals surface area (Å²) in [5.41, 5.74) is 0. The number of hydrogen-bond acceptors (Lipinski definition) is 2. The first-order valence-electron chi connectivity index (χ1n) is 5.45. The Kier molecular flexibility index (Phi) is 5.25. The predicted molar refractivity (Wildman–Crippen MR) is 64.6 cm³/mol. The first kappa shape index (κ1) is 12.1. The van der Waals surface area contributed by atoms with Crippen LogP contribution in [0.1, 0.15) is 20.8 Å². The zero-order valence-corrected chi connectivity index (χ0v) is 10.7. The molecule has 0 aromatic heterocycles. The molecule has 1 rings (SSSR count). The fraction of sp³-hybridized carbons (Fsp3) is 0.500. The average molecular weight is 222 g/mol. The van der Waals surface area contributed by atoms with Gasteiger partial charge in [0.2, 0.25) is 0 Å². The van der Waals surface area contributed by atoms with Crippen molar-refractivity contribution in [2.45, 2.75) is 26.8 Å². The second kappa shape index (κ2) is 6.51. The van der Waals surface area contributed by atoms with Crippen molar-refractivity contribution < 1.29 is 9.47 Å². The second-order valence-electron chi connectivity index (χ2n) is 3.03. The van der Waals surface area contributed by atoms with Crippen molar-refractivity contribution in [3.8, 4) is 11.5 Å². The van der Waals surface area contributed by atoms with E-state index in [1.165, 1.54) is 5.19 Å². The number of para-hydroxylation sites is 1. The molecule has 0 atom stereocenters. The van der Waals surface area contributed by atoms with Crippen LogP contribution in [-0.4, -0.2) is 22.7 Å². The molecule has 2 radical (unpaired) electrons. The standard InChI is InChI=1S/C12H18O2Si/c1-4-13-10-8-7-9-11(15-6-3)12(10)14-5-2/h7-9H,4-6H2,1-3H3. The first-order chi connectivity index (χ1) is 7.33. The Morgan fingerprint density at radius 2 is 1.80 bits per heavy atom. The van der Waals surface area contributed by atoms with Crippen LogP contribution in [0.3, 0.4) is 0 Å². The summed E-state index contributed by atoms with van der Waals surface area (Å²) in [6.07, 6.45) is 0. The maximum atomic E-state index is 5.66. The number of rotatable bonds is 6. The van der Waals surface area contributed by atoms with Gasteiger partial charge >= 0.3 is 0 Å². The lowest BCUT2D eigenvalue weighted by Gasteiger charge is -2.14. The molecule has 1 aromatic rings. The molecule has 2 nitrogen and oxygen atoms in total. The van der Waals surface area contributed by atoms with Crippen molar-refractivity contribution in [1.29, 1.82) is 0 Å². The molecule has 0 bridgehead atoms. The summed E-state index contributed by atoms with van der Waals surface area (Å²) in [4.78, 5) is 0. The van der Waals surface area contributed by atoms with Crippen molar-refractivity contribution in [3.05, 3.63) is 18.2 Å². The molecular formula is C12H18O2Si. The van der Waals surface area contributed by atoms with Crippen LogP contribution in [0.5, 0.6) is 11.5 Å². The van der Waals surface area contributed by atoms with Crippen molar-refractivity contribution in [1.82, 2.24) is 0 Å². The third kappa shape index (κ3) is 3.27. The van der Waals surface area contributed by atoms with Crippen LogP contribution in [-0.2, 0) is 0 Å². The molecule has 0 saturated carbocycles. The van der Waals surface area contributed by atoms with Gasteiger partial charge < -0.3 is 9.47 Å². The molecular weight excluding hydrogens is 204 g/mol. The van der Waals surface area contributed by atoms with E-state index in [-0.39, 0.29) is 0 Å². The molecule has 0 spiro atoms. The quantitative estimate of drug-likeness (QED) is 0.687. The van der Waals surface area contributed by atoms with Gasteiger partial charge in [0.15, 0.2) is 11.5 Å². The van der Waals surface area contributed by atoms with Crippen LogP contribution in [0.25, 0.3) is 0 Å². The fourth-order valence-corrected chi connectivity index (χ4v) is 2.36. The zero-order chi connectivity index (χ0) is 11.1. The highest BCUT2D eigenvalue weighted by atomic mass is 28.2. The fourth-order valence-electron chi connectivity index (χ4n) is 1.41. The maximum absolute atomic E-state index is 5.66. The Morgan fingerprint density at radius 1 is 1.07 bits per heavy atom. The van der Waals surface area contributed by atoms with Gasteiger partial charge in [-0.05, 0) is 25.1 Å². The molecule has 3 heteroatoms. The van der Waals surface area contributed by atoms with Gasteiger partial charge in [0.1, 0.15) is 0 Å². The minimum absolute atomic E-state index is 0.679. The summed E-state index contributed by atoms with van der Waals surface area (Å²) >= 11 is 0. The lowest BCUT2D eigenvalue weighted by molar-refractivity contribution is 0.289. The average Bonchev–Trinajstić information content (AvgIpc) is 2.23. The summed E-state index contributed by atoms with van der Waals surface area (Å²) in [5, 5.41) is 1.27. The largest absolute Gasteiger partial charge is 0.490 e. The number of hydrogen-bond donors (Lipinski definition) is 0. The molecule has 0 aliphatic rings. The highest BCUT2D eigenvalue weighted by molar-refractivity contribution is 6.54. The minimum atomic E-state index is 0.679. The summed E-state index contributed by atoms with van der Waals surface area (Å²) in [7, 11) is 0.792. The van der Waals surface area contributed by atoms with Gasteiger partial charge in [-0.2, -0.15) is 0 Å². The van der Waals surface area contributed by atoms with Gasteiger partial charge in [0.25, 0.3) is 0 Å². The van der Waals surface area contributed by atoms with Gasteiger partial charge in [0, 0.05) is 0 Å². The van der Waals surface area contributed by atoms with Crippen molar-refractivity contribution in [2.75, 3.05) is 13.2 Å². The second-order valence-corrected chi connectivity index (χ2v) is 4.63. The molecule has 0 saturated heterocycles. The molecule has 0 aliphatic heterocycles. The molecule has 0 fully saturated rings. The van der Waals surface area contributed by atoms with Gasteiger partial charge in [-0.25, -0.2) is 0 Å². The van der Waals surface area contributed by atoms with E-state index in [9.17, 15) is 0 Å². The van der Waals surface area contributed by atoms with Crippen molar-refractivity contribution >= 4 is 14.7 Å². The van der Waals surface area contributed by atoms with E-state index in [1.807, 2.05) is 26.0 Å². The van der Waals surface area contributed by atoms with Crippen LogP contribution in [0.4, 0.5) is 0 Å². The Hall–Kier alpha value is -0.963. The topological polar surface area (TPSA) is 18.5 Å². The third-order valence-corrected chi connectivity index (χ3v) is 3.06. The molecule has 82 valence electrons. The van der Waals surface area contributed by atoms with Crippen LogP contribution >= 0.6 is 0 Å². The summed E-state index contributed by atoms with van der Waals surface area (Å²) in [6, 6.07) is 7.27. The van der Waals surface area contributed by atoms with Gasteiger partial charge in [-0.15, -0.1) is 0 Å². The number of benzene rings is 1. The van der Waals surface area contributed by atoms with Crippen molar-refractivity contribution in [3.63, 3.8) is 0 Å². The van der Waals surface area contributed by atoms with E-state index in [2.05, 4.69) is 13.0 Å². The van der Waals surface area contributed by atoms with E-state index in [0.29, 0.717) is 13.2 Å². The molecule has 0 aliphatic carbocycles. The lowest BCUT2D eigenvalue weighted by atomic mass is 10.3. The van der Waals surface area contributed by atoms with E-state index in [1.54, 1.807) is 0 Å². The normalized spacial score (nSPS) is 10.1.